The smallest absolute Gasteiger partial charge is 0.129 e. The largest absolute Gasteiger partial charge is 0.388 e. The van der Waals surface area contributed by atoms with E-state index in [9.17, 15) is 5.11 Å². The van der Waals surface area contributed by atoms with E-state index in [-0.39, 0.29) is 0 Å². The maximum Gasteiger partial charge on any atom is 0.129 e. The zero-order valence-corrected chi connectivity index (χ0v) is 7.04. The molecule has 0 fully saturated rings. The monoisotopic (exact) mass is 171 g/mol. The fourth-order valence-electron chi connectivity index (χ4n) is 0.860. The first-order chi connectivity index (χ1) is 5.24. The van der Waals surface area contributed by atoms with Crippen LogP contribution in [0.4, 0.5) is 0 Å². The van der Waals surface area contributed by atoms with Gasteiger partial charge in [-0.05, 0) is 24.1 Å². The molecule has 1 atom stereocenters. The summed E-state index contributed by atoms with van der Waals surface area (Å²) in [6.07, 6.45) is 1.87. The van der Waals surface area contributed by atoms with Crippen LogP contribution in [0.3, 0.4) is 0 Å². The zero-order valence-electron chi connectivity index (χ0n) is 6.29. The van der Waals surface area contributed by atoms with Crippen molar-refractivity contribution in [1.82, 2.24) is 4.98 Å². The normalized spacial score (nSPS) is 13.0. The average Bonchev–Trinajstić information content (AvgIpc) is 2.03. The molecule has 11 heavy (non-hydrogen) atoms. The Morgan fingerprint density at radius 2 is 2.45 bits per heavy atom. The summed E-state index contributed by atoms with van der Waals surface area (Å²) in [6, 6.07) is 3.44. The van der Waals surface area contributed by atoms with Gasteiger partial charge in [0.05, 0.1) is 6.10 Å². The predicted molar refractivity (Wildman–Crippen MR) is 44.5 cm³/mol. The van der Waals surface area contributed by atoms with Gasteiger partial charge < -0.3 is 5.11 Å². The number of aliphatic hydroxyl groups is 1. The standard InChI is InChI=1S/C8H10ClNO/c1-2-7(11)6-3-4-10-8(9)5-6/h3-5,7,11H,2H2,1H3/t7-/m1/s1. The number of aromatic nitrogens is 1. The maximum absolute atomic E-state index is 9.37. The molecule has 60 valence electrons. The fraction of sp³-hybridized carbons (Fsp3) is 0.375. The first-order valence-corrected chi connectivity index (χ1v) is 3.91. The van der Waals surface area contributed by atoms with Crippen LogP contribution in [0.5, 0.6) is 0 Å². The molecule has 0 aromatic carbocycles. The molecule has 0 unspecified atom stereocenters. The Bertz CT molecular complexity index is 239. The minimum absolute atomic E-state index is 0.421. The summed E-state index contributed by atoms with van der Waals surface area (Å²) >= 11 is 5.62. The van der Waals surface area contributed by atoms with Crippen LogP contribution in [0, 0.1) is 0 Å². The third-order valence-electron chi connectivity index (χ3n) is 1.52. The molecule has 0 aliphatic carbocycles. The lowest BCUT2D eigenvalue weighted by atomic mass is 10.1. The van der Waals surface area contributed by atoms with Crippen LogP contribution < -0.4 is 0 Å². The van der Waals surface area contributed by atoms with Crippen LogP contribution in [0.1, 0.15) is 25.0 Å². The van der Waals surface area contributed by atoms with Gasteiger partial charge in [0, 0.05) is 6.20 Å². The van der Waals surface area contributed by atoms with Crippen molar-refractivity contribution in [2.24, 2.45) is 0 Å². The van der Waals surface area contributed by atoms with Crippen molar-refractivity contribution in [3.05, 3.63) is 29.0 Å². The fourth-order valence-corrected chi connectivity index (χ4v) is 1.04. The van der Waals surface area contributed by atoms with Gasteiger partial charge in [0.15, 0.2) is 0 Å². The third kappa shape index (κ3) is 2.17. The van der Waals surface area contributed by atoms with Gasteiger partial charge in [0.2, 0.25) is 0 Å². The van der Waals surface area contributed by atoms with Gasteiger partial charge in [-0.15, -0.1) is 0 Å². The molecule has 0 spiro atoms. The number of aliphatic hydroxyl groups excluding tert-OH is 1. The van der Waals surface area contributed by atoms with Crippen molar-refractivity contribution in [2.45, 2.75) is 19.4 Å². The van der Waals surface area contributed by atoms with E-state index in [0.29, 0.717) is 11.6 Å². The highest BCUT2D eigenvalue weighted by molar-refractivity contribution is 6.29. The van der Waals surface area contributed by atoms with Gasteiger partial charge in [-0.1, -0.05) is 18.5 Å². The molecule has 0 aliphatic heterocycles. The van der Waals surface area contributed by atoms with Crippen molar-refractivity contribution < 1.29 is 5.11 Å². The molecule has 1 N–H and O–H groups in total. The molecule has 2 nitrogen and oxygen atoms in total. The van der Waals surface area contributed by atoms with E-state index in [1.165, 1.54) is 0 Å². The maximum atomic E-state index is 9.37. The van der Waals surface area contributed by atoms with Crippen LogP contribution in [0.15, 0.2) is 18.3 Å². The van der Waals surface area contributed by atoms with Gasteiger partial charge in [-0.3, -0.25) is 0 Å². The number of nitrogens with zero attached hydrogens (tertiary/aromatic N) is 1. The van der Waals surface area contributed by atoms with Gasteiger partial charge in [-0.2, -0.15) is 0 Å². The lowest BCUT2D eigenvalue weighted by Gasteiger charge is -2.06. The first kappa shape index (κ1) is 8.50. The molecule has 0 bridgehead atoms. The summed E-state index contributed by atoms with van der Waals surface area (Å²) in [5.74, 6) is 0. The molecule has 1 rings (SSSR count). The van der Waals surface area contributed by atoms with E-state index < -0.39 is 6.10 Å². The molecule has 1 heterocycles. The van der Waals surface area contributed by atoms with Crippen LogP contribution >= 0.6 is 11.6 Å². The summed E-state index contributed by atoms with van der Waals surface area (Å²) in [5, 5.41) is 9.79. The minimum atomic E-state index is -0.421. The lowest BCUT2D eigenvalue weighted by molar-refractivity contribution is 0.173. The number of halogens is 1. The van der Waals surface area contributed by atoms with Crippen molar-refractivity contribution in [3.8, 4) is 0 Å². The Morgan fingerprint density at radius 3 is 3.00 bits per heavy atom. The van der Waals surface area contributed by atoms with E-state index in [1.54, 1.807) is 18.3 Å². The highest BCUT2D eigenvalue weighted by Crippen LogP contribution is 2.17. The summed E-state index contributed by atoms with van der Waals surface area (Å²) in [6.45, 7) is 1.92. The molecule has 0 radical (unpaired) electrons. The van der Waals surface area contributed by atoms with E-state index in [0.717, 1.165) is 5.56 Å². The molecular formula is C8H10ClNO. The zero-order chi connectivity index (χ0) is 8.27. The van der Waals surface area contributed by atoms with Crippen molar-refractivity contribution in [3.63, 3.8) is 0 Å². The molecule has 0 aliphatic rings. The van der Waals surface area contributed by atoms with Crippen molar-refractivity contribution >= 4 is 11.6 Å². The molecule has 0 saturated carbocycles. The van der Waals surface area contributed by atoms with Crippen LogP contribution in [0.2, 0.25) is 5.15 Å². The Morgan fingerprint density at radius 1 is 1.73 bits per heavy atom. The van der Waals surface area contributed by atoms with Crippen molar-refractivity contribution in [2.75, 3.05) is 0 Å². The van der Waals surface area contributed by atoms with Crippen molar-refractivity contribution in [1.29, 1.82) is 0 Å². The van der Waals surface area contributed by atoms with E-state index in [4.69, 9.17) is 11.6 Å². The van der Waals surface area contributed by atoms with Gasteiger partial charge in [0.1, 0.15) is 5.15 Å². The number of hydrogen-bond donors (Lipinski definition) is 1. The quantitative estimate of drug-likeness (QED) is 0.692. The number of hydrogen-bond acceptors (Lipinski definition) is 2. The molecule has 0 amide bonds. The highest BCUT2D eigenvalue weighted by atomic mass is 35.5. The Hall–Kier alpha value is -0.600. The first-order valence-electron chi connectivity index (χ1n) is 3.53. The van der Waals surface area contributed by atoms with Crippen LogP contribution in [-0.2, 0) is 0 Å². The topological polar surface area (TPSA) is 33.1 Å². The SMILES string of the molecule is CC[C@@H](O)c1ccnc(Cl)c1. The third-order valence-corrected chi connectivity index (χ3v) is 1.73. The van der Waals surface area contributed by atoms with Crippen LogP contribution in [0.25, 0.3) is 0 Å². The molecule has 3 heteroatoms. The van der Waals surface area contributed by atoms with Gasteiger partial charge in [0.25, 0.3) is 0 Å². The summed E-state index contributed by atoms with van der Waals surface area (Å²) < 4.78 is 0. The summed E-state index contributed by atoms with van der Waals surface area (Å²) in [7, 11) is 0. The second-order valence-electron chi connectivity index (χ2n) is 2.34. The van der Waals surface area contributed by atoms with Gasteiger partial charge in [-0.25, -0.2) is 4.98 Å². The summed E-state index contributed by atoms with van der Waals surface area (Å²) in [4.78, 5) is 3.81. The second kappa shape index (κ2) is 3.69. The molecule has 1 aromatic heterocycles. The highest BCUT2D eigenvalue weighted by Gasteiger charge is 2.03. The van der Waals surface area contributed by atoms with E-state index in [1.807, 2.05) is 6.92 Å². The Labute approximate surface area is 70.8 Å². The Kier molecular flexibility index (Phi) is 2.85. The number of pyridine rings is 1. The predicted octanol–water partition coefficient (Wildman–Crippen LogP) is 2.18. The van der Waals surface area contributed by atoms with Crippen LogP contribution in [-0.4, -0.2) is 10.1 Å². The molecule has 1 aromatic rings. The number of rotatable bonds is 2. The second-order valence-corrected chi connectivity index (χ2v) is 2.72. The molecular weight excluding hydrogens is 162 g/mol. The summed E-state index contributed by atoms with van der Waals surface area (Å²) in [5.41, 5.74) is 0.826. The Balaban J connectivity index is 2.86. The van der Waals surface area contributed by atoms with E-state index in [2.05, 4.69) is 4.98 Å². The van der Waals surface area contributed by atoms with E-state index >= 15 is 0 Å². The molecule has 0 saturated heterocycles. The lowest BCUT2D eigenvalue weighted by Crippen LogP contribution is -1.94. The average molecular weight is 172 g/mol. The van der Waals surface area contributed by atoms with Gasteiger partial charge >= 0.3 is 0 Å². The minimum Gasteiger partial charge on any atom is -0.388 e.